The molecule has 5 aromatic heterocycles. The van der Waals surface area contributed by atoms with Crippen molar-refractivity contribution >= 4 is 22.1 Å². The topological polar surface area (TPSA) is 95.2 Å². The summed E-state index contributed by atoms with van der Waals surface area (Å²) < 4.78 is 13.9. The molecule has 0 amide bonds. The molecule has 1 fully saturated rings. The number of aromatic nitrogens is 6. The Kier molecular flexibility index (Phi) is 6.09. The van der Waals surface area contributed by atoms with E-state index < -0.39 is 0 Å². The van der Waals surface area contributed by atoms with E-state index in [0.717, 1.165) is 69.1 Å². The van der Waals surface area contributed by atoms with Gasteiger partial charge in [-0.3, -0.25) is 10.1 Å². The van der Waals surface area contributed by atoms with Gasteiger partial charge in [0.2, 0.25) is 0 Å². The van der Waals surface area contributed by atoms with Gasteiger partial charge in [0.25, 0.3) is 0 Å². The van der Waals surface area contributed by atoms with Crippen molar-refractivity contribution in [3.05, 3.63) is 84.6 Å². The molecule has 0 saturated heterocycles. The van der Waals surface area contributed by atoms with Gasteiger partial charge in [0.05, 0.1) is 16.9 Å². The summed E-state index contributed by atoms with van der Waals surface area (Å²) in [5.41, 5.74) is 8.46. The lowest BCUT2D eigenvalue weighted by atomic mass is 10.0. The van der Waals surface area contributed by atoms with Crippen molar-refractivity contribution in [1.82, 2.24) is 35.5 Å². The van der Waals surface area contributed by atoms with Crippen LogP contribution in [-0.2, 0) is 6.54 Å². The van der Waals surface area contributed by atoms with Crippen LogP contribution in [0.1, 0.15) is 31.2 Å². The molecule has 0 spiro atoms. The Balaban J connectivity index is 1.20. The van der Waals surface area contributed by atoms with Crippen molar-refractivity contribution in [1.29, 1.82) is 0 Å². The van der Waals surface area contributed by atoms with Crippen molar-refractivity contribution in [2.45, 2.75) is 32.2 Å². The van der Waals surface area contributed by atoms with Gasteiger partial charge < -0.3 is 10.3 Å². The lowest BCUT2D eigenvalue weighted by Gasteiger charge is -2.11. The van der Waals surface area contributed by atoms with E-state index >= 15 is 0 Å². The predicted molar refractivity (Wildman–Crippen MR) is 151 cm³/mol. The van der Waals surface area contributed by atoms with Gasteiger partial charge in [-0.25, -0.2) is 14.4 Å². The highest BCUT2D eigenvalue weighted by atomic mass is 19.1. The Morgan fingerprint density at radius 2 is 1.90 bits per heavy atom. The Morgan fingerprint density at radius 1 is 0.974 bits per heavy atom. The fourth-order valence-electron chi connectivity index (χ4n) is 5.67. The number of hydrogen-bond donors (Lipinski definition) is 3. The summed E-state index contributed by atoms with van der Waals surface area (Å²) in [6.45, 7) is 1.86. The summed E-state index contributed by atoms with van der Waals surface area (Å²) >= 11 is 0. The molecule has 1 saturated carbocycles. The second-order valence-corrected chi connectivity index (χ2v) is 10.3. The molecule has 1 aliphatic rings. The predicted octanol–water partition coefficient (Wildman–Crippen LogP) is 6.65. The van der Waals surface area contributed by atoms with Crippen LogP contribution in [0.3, 0.4) is 0 Å². The van der Waals surface area contributed by atoms with E-state index in [9.17, 15) is 4.39 Å². The number of benzene rings is 1. The number of rotatable bonds is 7. The summed E-state index contributed by atoms with van der Waals surface area (Å²) in [7, 11) is 0. The largest absolute Gasteiger partial charge is 0.338 e. The second kappa shape index (κ2) is 10.0. The van der Waals surface area contributed by atoms with Gasteiger partial charge in [-0.1, -0.05) is 25.0 Å². The van der Waals surface area contributed by atoms with Crippen molar-refractivity contribution in [3.8, 4) is 33.8 Å². The third-order valence-corrected chi connectivity index (χ3v) is 7.66. The van der Waals surface area contributed by atoms with Gasteiger partial charge in [0.1, 0.15) is 22.7 Å². The van der Waals surface area contributed by atoms with Crippen molar-refractivity contribution in [2.24, 2.45) is 5.92 Å². The van der Waals surface area contributed by atoms with Crippen LogP contribution in [0.2, 0.25) is 0 Å². The maximum atomic E-state index is 13.9. The quantitative estimate of drug-likeness (QED) is 0.220. The van der Waals surface area contributed by atoms with E-state index in [-0.39, 0.29) is 5.82 Å². The normalized spacial score (nSPS) is 14.1. The molecule has 39 heavy (non-hydrogen) atoms. The lowest BCUT2D eigenvalue weighted by molar-refractivity contribution is 0.489. The smallest absolute Gasteiger partial charge is 0.138 e. The van der Waals surface area contributed by atoms with Crippen molar-refractivity contribution < 1.29 is 4.39 Å². The highest BCUT2D eigenvalue weighted by Crippen LogP contribution is 2.33. The third kappa shape index (κ3) is 4.68. The first-order chi connectivity index (χ1) is 19.2. The molecule has 5 heterocycles. The first-order valence-corrected chi connectivity index (χ1v) is 13.5. The Labute approximate surface area is 224 Å². The number of aromatic amines is 2. The Morgan fingerprint density at radius 3 is 2.79 bits per heavy atom. The number of nitrogens with one attached hydrogen (secondary N) is 3. The number of hydrogen-bond acceptors (Lipinski definition) is 5. The second-order valence-electron chi connectivity index (χ2n) is 10.3. The molecule has 0 aliphatic heterocycles. The van der Waals surface area contributed by atoms with E-state index in [1.165, 1.54) is 37.8 Å². The van der Waals surface area contributed by atoms with Crippen molar-refractivity contribution in [2.75, 3.05) is 6.54 Å². The minimum Gasteiger partial charge on any atom is -0.338 e. The molecule has 194 valence electrons. The fourth-order valence-corrected chi connectivity index (χ4v) is 5.67. The molecular formula is C31H28FN7. The molecule has 6 aromatic rings. The molecule has 7 nitrogen and oxygen atoms in total. The Bertz CT molecular complexity index is 1780. The Hall–Kier alpha value is -4.43. The van der Waals surface area contributed by atoms with Crippen molar-refractivity contribution in [3.63, 3.8) is 0 Å². The SMILES string of the molecule is Fc1cccc(-c2ccnc3[nH]c(-c4n[nH]c5ccc(-c6cncc(CNCC7CCCC7)c6)nc45)cc23)c1. The molecule has 3 N–H and O–H groups in total. The van der Waals surface area contributed by atoms with Crippen LogP contribution in [0.15, 0.2) is 73.2 Å². The number of fused-ring (bicyclic) bond motifs is 2. The van der Waals surface area contributed by atoms with Gasteiger partial charge in [-0.05, 0) is 84.5 Å². The molecule has 0 bridgehead atoms. The molecule has 1 aliphatic carbocycles. The van der Waals surface area contributed by atoms with E-state index in [2.05, 4.69) is 36.5 Å². The highest BCUT2D eigenvalue weighted by molar-refractivity contribution is 5.99. The molecule has 0 atom stereocenters. The summed E-state index contributed by atoms with van der Waals surface area (Å²) in [4.78, 5) is 17.4. The first-order valence-electron chi connectivity index (χ1n) is 13.5. The molecule has 0 radical (unpaired) electrons. The maximum absolute atomic E-state index is 13.9. The zero-order valence-corrected chi connectivity index (χ0v) is 21.4. The monoisotopic (exact) mass is 517 g/mol. The highest BCUT2D eigenvalue weighted by Gasteiger charge is 2.17. The number of nitrogens with zero attached hydrogens (tertiary/aromatic N) is 4. The van der Waals surface area contributed by atoms with Crippen LogP contribution in [0.5, 0.6) is 0 Å². The zero-order valence-electron chi connectivity index (χ0n) is 21.4. The van der Waals surface area contributed by atoms with E-state index in [1.807, 2.05) is 42.7 Å². The molecule has 0 unspecified atom stereocenters. The summed E-state index contributed by atoms with van der Waals surface area (Å²) in [6, 6.07) is 16.6. The van der Waals surface area contributed by atoms with Gasteiger partial charge in [0, 0.05) is 36.1 Å². The molecule has 8 heteroatoms. The van der Waals surface area contributed by atoms with Gasteiger partial charge in [-0.2, -0.15) is 5.10 Å². The van der Waals surface area contributed by atoms with E-state index in [4.69, 9.17) is 4.98 Å². The van der Waals surface area contributed by atoms with Crippen LogP contribution in [0.4, 0.5) is 4.39 Å². The van der Waals surface area contributed by atoms with Crippen LogP contribution < -0.4 is 5.32 Å². The van der Waals surface area contributed by atoms with Crippen LogP contribution in [0.25, 0.3) is 55.8 Å². The number of halogens is 1. The standard InChI is InChI=1S/C31H28FN7/c32-23-7-3-6-21(13-23)24-10-11-35-31-25(24)14-28(37-31)30-29-27(38-39-30)9-8-26(36-29)22-12-20(17-34-18-22)16-33-15-19-4-1-2-5-19/h3,6-14,17-19,33H,1-2,4-5,15-16H2,(H,35,37)(H,38,39). The minimum atomic E-state index is -0.272. The average Bonchev–Trinajstić information content (AvgIpc) is 3.72. The third-order valence-electron chi connectivity index (χ3n) is 7.66. The summed E-state index contributed by atoms with van der Waals surface area (Å²) in [5, 5.41) is 12.2. The van der Waals surface area contributed by atoms with Crippen LogP contribution in [-0.4, -0.2) is 36.7 Å². The summed E-state index contributed by atoms with van der Waals surface area (Å²) in [6.07, 6.45) is 10.9. The minimum absolute atomic E-state index is 0.272. The molecular weight excluding hydrogens is 489 g/mol. The number of pyridine rings is 3. The number of H-pyrrole nitrogens is 2. The van der Waals surface area contributed by atoms with Gasteiger partial charge in [-0.15, -0.1) is 0 Å². The van der Waals surface area contributed by atoms with Gasteiger partial charge >= 0.3 is 0 Å². The van der Waals surface area contributed by atoms with Crippen LogP contribution >= 0.6 is 0 Å². The fraction of sp³-hybridized carbons (Fsp3) is 0.226. The first kappa shape index (κ1) is 23.7. The maximum Gasteiger partial charge on any atom is 0.138 e. The zero-order chi connectivity index (χ0) is 26.2. The van der Waals surface area contributed by atoms with Gasteiger partial charge in [0.15, 0.2) is 0 Å². The van der Waals surface area contributed by atoms with E-state index in [1.54, 1.807) is 12.3 Å². The average molecular weight is 518 g/mol. The van der Waals surface area contributed by atoms with E-state index in [0.29, 0.717) is 11.3 Å². The summed E-state index contributed by atoms with van der Waals surface area (Å²) in [5.74, 6) is 0.529. The lowest BCUT2D eigenvalue weighted by Crippen LogP contribution is -2.20. The van der Waals surface area contributed by atoms with Crippen LogP contribution in [0, 0.1) is 11.7 Å². The molecule has 7 rings (SSSR count). The molecule has 1 aromatic carbocycles.